The van der Waals surface area contributed by atoms with Crippen molar-refractivity contribution in [3.05, 3.63) is 83.4 Å². The van der Waals surface area contributed by atoms with Crippen LogP contribution in [0.1, 0.15) is 57.4 Å². The third-order valence-corrected chi connectivity index (χ3v) is 8.46. The molecule has 1 nitrogen and oxygen atoms in total. The van der Waals surface area contributed by atoms with E-state index in [0.29, 0.717) is 22.6 Å². The van der Waals surface area contributed by atoms with Crippen LogP contribution in [0.15, 0.2) is 54.6 Å². The van der Waals surface area contributed by atoms with Gasteiger partial charge in [-0.25, -0.2) is 13.2 Å². The Morgan fingerprint density at radius 3 is 1.82 bits per heavy atom. The zero-order valence-corrected chi connectivity index (χ0v) is 22.0. The summed E-state index contributed by atoms with van der Waals surface area (Å²) in [5.74, 6) is -1.70. The number of allylic oxidation sites excluding steroid dienone is 2. The minimum absolute atomic E-state index is 0.0739. The first kappa shape index (κ1) is 26.6. The zero-order chi connectivity index (χ0) is 26.8. The first-order chi connectivity index (χ1) is 18.4. The molecule has 1 fully saturated rings. The van der Waals surface area contributed by atoms with E-state index in [9.17, 15) is 8.78 Å². The fourth-order valence-electron chi connectivity index (χ4n) is 6.16. The molecule has 0 heterocycles. The summed E-state index contributed by atoms with van der Waals surface area (Å²) in [6.45, 7) is 2.55. The second-order valence-corrected chi connectivity index (χ2v) is 10.8. The van der Waals surface area contributed by atoms with Crippen LogP contribution in [0.2, 0.25) is 0 Å². The molecule has 0 N–H and O–H groups in total. The zero-order valence-electron chi connectivity index (χ0n) is 22.0. The lowest BCUT2D eigenvalue weighted by molar-refractivity contribution is 0.202. The van der Waals surface area contributed by atoms with Crippen molar-refractivity contribution in [3.8, 4) is 28.0 Å². The van der Waals surface area contributed by atoms with Gasteiger partial charge in [-0.3, -0.25) is 0 Å². The molecule has 0 radical (unpaired) electrons. The van der Waals surface area contributed by atoms with Gasteiger partial charge in [0.25, 0.3) is 0 Å². The van der Waals surface area contributed by atoms with E-state index in [-0.39, 0.29) is 23.4 Å². The number of halogens is 4. The molecule has 0 amide bonds. The van der Waals surface area contributed by atoms with E-state index in [1.165, 1.54) is 37.8 Å². The quantitative estimate of drug-likeness (QED) is 0.234. The molecule has 1 saturated carbocycles. The molecule has 1 unspecified atom stereocenters. The first-order valence-corrected chi connectivity index (χ1v) is 13.8. The Kier molecular flexibility index (Phi) is 7.97. The number of benzene rings is 3. The van der Waals surface area contributed by atoms with Crippen LogP contribution >= 0.6 is 0 Å². The van der Waals surface area contributed by atoms with Gasteiger partial charge in [-0.2, -0.15) is 4.39 Å². The summed E-state index contributed by atoms with van der Waals surface area (Å²) < 4.78 is 64.5. The highest BCUT2D eigenvalue weighted by Crippen LogP contribution is 2.42. The summed E-state index contributed by atoms with van der Waals surface area (Å²) in [6.07, 6.45) is 10.0. The van der Waals surface area contributed by atoms with Gasteiger partial charge in [0.2, 0.25) is 5.82 Å². The van der Waals surface area contributed by atoms with E-state index < -0.39 is 23.3 Å². The average Bonchev–Trinajstić information content (AvgIpc) is 2.94. The van der Waals surface area contributed by atoms with E-state index in [1.807, 2.05) is 0 Å². The number of ether oxygens (including phenoxy) is 1. The predicted molar refractivity (Wildman–Crippen MR) is 148 cm³/mol. The Bertz CT molecular complexity index is 1330. The molecule has 0 aromatic heterocycles. The van der Waals surface area contributed by atoms with Crippen molar-refractivity contribution >= 4 is 13.4 Å². The lowest BCUT2D eigenvalue weighted by Crippen LogP contribution is -2.22. The van der Waals surface area contributed by atoms with Crippen molar-refractivity contribution in [3.63, 3.8) is 0 Å². The number of hydrogen-bond acceptors (Lipinski definition) is 1. The fourth-order valence-corrected chi connectivity index (χ4v) is 6.16. The maximum Gasteiger partial charge on any atom is 0.201 e. The molecule has 0 bridgehead atoms. The lowest BCUT2D eigenvalue weighted by atomic mass is 9.71. The minimum Gasteiger partial charge on any atom is -0.500 e. The summed E-state index contributed by atoms with van der Waals surface area (Å²) in [5, 5.41) is 0. The van der Waals surface area contributed by atoms with Crippen LogP contribution in [-0.4, -0.2) is 14.4 Å². The molecule has 1 atom stereocenters. The van der Waals surface area contributed by atoms with Crippen molar-refractivity contribution in [1.29, 1.82) is 0 Å². The monoisotopic (exact) mass is 520 g/mol. The van der Waals surface area contributed by atoms with E-state index in [4.69, 9.17) is 4.74 Å². The Hall–Kier alpha value is -3.02. The van der Waals surface area contributed by atoms with Gasteiger partial charge in [0.15, 0.2) is 31.0 Å². The van der Waals surface area contributed by atoms with Crippen LogP contribution in [-0.2, 0) is 0 Å². The van der Waals surface area contributed by atoms with Gasteiger partial charge in [0.05, 0.1) is 6.51 Å². The average molecular weight is 520 g/mol. The van der Waals surface area contributed by atoms with Gasteiger partial charge in [-0.05, 0) is 78.7 Å². The second kappa shape index (κ2) is 11.4. The largest absolute Gasteiger partial charge is 0.500 e. The molecule has 5 rings (SSSR count). The van der Waals surface area contributed by atoms with E-state index in [0.717, 1.165) is 36.7 Å². The Labute approximate surface area is 223 Å². The highest BCUT2D eigenvalue weighted by atomic mass is 19.2. The molecule has 0 saturated heterocycles. The van der Waals surface area contributed by atoms with Crippen LogP contribution < -0.4 is 4.74 Å². The summed E-state index contributed by atoms with van der Waals surface area (Å²) in [6, 6.07) is 12.4. The molecule has 0 aliphatic heterocycles. The molecule has 2 aliphatic rings. The topological polar surface area (TPSA) is 9.23 Å². The molecular weight excluding hydrogens is 487 g/mol. The van der Waals surface area contributed by atoms with Crippen LogP contribution in [0.25, 0.3) is 27.8 Å². The standard InChI is InChI=1S/C32H33BF4O/c1-19-2-4-20(5-3-19)21-6-8-22(9-7-21)25-14-15-26(30(35)29(25)34)23-10-12-24(13-11-23)27-16-17-28(38-18-33)32(37)31(27)36/h8,10-17,19-21H,2-7,9,18,33H2,1H3. The van der Waals surface area contributed by atoms with Gasteiger partial charge in [-0.15, -0.1) is 0 Å². The molecule has 3 aromatic carbocycles. The molecule has 198 valence electrons. The van der Waals surface area contributed by atoms with E-state index in [2.05, 4.69) is 13.0 Å². The second-order valence-electron chi connectivity index (χ2n) is 10.8. The SMILES string of the molecule is BCOc1ccc(-c2ccc(-c3ccc(C4=CCC(C5CCC(C)CC5)CC4)c(F)c3F)cc2)c(F)c1F. The van der Waals surface area contributed by atoms with Crippen molar-refractivity contribution < 1.29 is 22.3 Å². The van der Waals surface area contributed by atoms with Crippen molar-refractivity contribution in [1.82, 2.24) is 0 Å². The lowest BCUT2D eigenvalue weighted by Gasteiger charge is -2.34. The van der Waals surface area contributed by atoms with Gasteiger partial charge < -0.3 is 4.74 Å². The van der Waals surface area contributed by atoms with Crippen molar-refractivity contribution in [2.45, 2.75) is 51.9 Å². The van der Waals surface area contributed by atoms with E-state index in [1.54, 1.807) is 44.2 Å². The maximum atomic E-state index is 15.3. The minimum atomic E-state index is -1.05. The number of rotatable bonds is 6. The molecule has 2 aliphatic carbocycles. The molecule has 38 heavy (non-hydrogen) atoms. The third kappa shape index (κ3) is 5.27. The van der Waals surface area contributed by atoms with Crippen LogP contribution in [0, 0.1) is 41.0 Å². The molecule has 3 aromatic rings. The van der Waals surface area contributed by atoms with Crippen LogP contribution in [0.3, 0.4) is 0 Å². The predicted octanol–water partition coefficient (Wildman–Crippen LogP) is 8.56. The summed E-state index contributed by atoms with van der Waals surface area (Å²) >= 11 is 0. The van der Waals surface area contributed by atoms with Gasteiger partial charge >= 0.3 is 0 Å². The Balaban J connectivity index is 1.33. The number of hydrogen-bond donors (Lipinski definition) is 0. The summed E-state index contributed by atoms with van der Waals surface area (Å²) in [4.78, 5) is 0. The summed E-state index contributed by atoms with van der Waals surface area (Å²) in [7, 11) is 1.69. The van der Waals surface area contributed by atoms with Gasteiger partial charge in [0, 0.05) is 16.7 Å². The highest BCUT2D eigenvalue weighted by molar-refractivity contribution is 6.08. The maximum absolute atomic E-state index is 15.3. The van der Waals surface area contributed by atoms with Gasteiger partial charge in [-0.1, -0.05) is 62.2 Å². The molecule has 0 spiro atoms. The fraction of sp³-hybridized carbons (Fsp3) is 0.375. The highest BCUT2D eigenvalue weighted by Gasteiger charge is 2.28. The first-order valence-electron chi connectivity index (χ1n) is 13.8. The smallest absolute Gasteiger partial charge is 0.201 e. The Morgan fingerprint density at radius 1 is 0.684 bits per heavy atom. The van der Waals surface area contributed by atoms with Crippen LogP contribution in [0.4, 0.5) is 17.6 Å². The van der Waals surface area contributed by atoms with Crippen molar-refractivity contribution in [2.24, 2.45) is 17.8 Å². The normalized spacial score (nSPS) is 21.7. The van der Waals surface area contributed by atoms with Crippen LogP contribution in [0.5, 0.6) is 5.75 Å². The van der Waals surface area contributed by atoms with Crippen molar-refractivity contribution in [2.75, 3.05) is 6.51 Å². The van der Waals surface area contributed by atoms with E-state index >= 15 is 8.78 Å². The molecule has 6 heteroatoms. The summed E-state index contributed by atoms with van der Waals surface area (Å²) in [5.41, 5.74) is 2.33. The molecular formula is C32H33BF4O. The Morgan fingerprint density at radius 2 is 1.24 bits per heavy atom. The van der Waals surface area contributed by atoms with Gasteiger partial charge in [0.1, 0.15) is 0 Å². The third-order valence-electron chi connectivity index (χ3n) is 8.46.